The third-order valence-electron chi connectivity index (χ3n) is 2.96. The zero-order chi connectivity index (χ0) is 14.3. The first-order valence-electron chi connectivity index (χ1n) is 5.76. The van der Waals surface area contributed by atoms with Gasteiger partial charge in [0.25, 0.3) is 0 Å². The SMILES string of the molecule is O=C(c1ccc(Br)c(Cl)c1)c1ccc2[nH]c(=O)[nH]c2c1. The molecule has 1 aromatic heterocycles. The number of nitrogens with one attached hydrogen (secondary N) is 2. The van der Waals surface area contributed by atoms with Crippen LogP contribution in [0.15, 0.2) is 45.7 Å². The normalized spacial score (nSPS) is 10.9. The third-order valence-corrected chi connectivity index (χ3v) is 4.19. The molecule has 0 saturated carbocycles. The molecule has 0 radical (unpaired) electrons. The second-order valence-electron chi connectivity index (χ2n) is 4.30. The van der Waals surface area contributed by atoms with E-state index in [0.717, 1.165) is 4.47 Å². The molecule has 2 aromatic carbocycles. The number of aromatic nitrogens is 2. The lowest BCUT2D eigenvalue weighted by atomic mass is 10.0. The molecule has 0 saturated heterocycles. The Hall–Kier alpha value is -1.85. The molecular formula is C14H8BrClN2O2. The first kappa shape index (κ1) is 13.1. The minimum atomic E-state index is -0.295. The summed E-state index contributed by atoms with van der Waals surface area (Å²) < 4.78 is 0.737. The fourth-order valence-corrected chi connectivity index (χ4v) is 2.40. The molecule has 0 aliphatic carbocycles. The van der Waals surface area contributed by atoms with Crippen molar-refractivity contribution in [2.24, 2.45) is 0 Å². The second-order valence-corrected chi connectivity index (χ2v) is 5.56. The Morgan fingerprint density at radius 2 is 1.65 bits per heavy atom. The monoisotopic (exact) mass is 350 g/mol. The van der Waals surface area contributed by atoms with Crippen LogP contribution in [0, 0.1) is 0 Å². The third kappa shape index (κ3) is 2.30. The van der Waals surface area contributed by atoms with E-state index in [2.05, 4.69) is 25.9 Å². The number of rotatable bonds is 2. The van der Waals surface area contributed by atoms with Crippen LogP contribution in [0.25, 0.3) is 11.0 Å². The predicted octanol–water partition coefficient (Wildman–Crippen LogP) is 3.50. The number of benzene rings is 2. The summed E-state index contributed by atoms with van der Waals surface area (Å²) in [5, 5.41) is 0.479. The first-order chi connectivity index (χ1) is 9.54. The van der Waals surface area contributed by atoms with E-state index < -0.39 is 0 Å². The van der Waals surface area contributed by atoms with Gasteiger partial charge in [-0.05, 0) is 52.3 Å². The average molecular weight is 352 g/mol. The van der Waals surface area contributed by atoms with E-state index in [1.807, 2.05) is 0 Å². The van der Waals surface area contributed by atoms with Crippen molar-refractivity contribution in [1.29, 1.82) is 0 Å². The van der Waals surface area contributed by atoms with Crippen molar-refractivity contribution in [2.45, 2.75) is 0 Å². The summed E-state index contributed by atoms with van der Waals surface area (Å²) in [6.07, 6.45) is 0. The topological polar surface area (TPSA) is 65.7 Å². The molecule has 100 valence electrons. The van der Waals surface area contributed by atoms with E-state index in [9.17, 15) is 9.59 Å². The highest BCUT2D eigenvalue weighted by Crippen LogP contribution is 2.24. The number of fused-ring (bicyclic) bond motifs is 1. The Labute approximate surface area is 126 Å². The van der Waals surface area contributed by atoms with Gasteiger partial charge in [-0.25, -0.2) is 4.79 Å². The van der Waals surface area contributed by atoms with Gasteiger partial charge >= 0.3 is 5.69 Å². The Kier molecular flexibility index (Phi) is 3.23. The van der Waals surface area contributed by atoms with Gasteiger partial charge in [0.2, 0.25) is 0 Å². The number of hydrogen-bond donors (Lipinski definition) is 2. The van der Waals surface area contributed by atoms with Crippen LogP contribution in [-0.4, -0.2) is 15.8 Å². The minimum Gasteiger partial charge on any atom is -0.306 e. The van der Waals surface area contributed by atoms with Crippen LogP contribution in [0.5, 0.6) is 0 Å². The second kappa shape index (κ2) is 4.92. The van der Waals surface area contributed by atoms with E-state index >= 15 is 0 Å². The molecule has 1 heterocycles. The fraction of sp³-hybridized carbons (Fsp3) is 0. The molecule has 0 atom stereocenters. The molecular weight excluding hydrogens is 344 g/mol. The molecule has 4 nitrogen and oxygen atoms in total. The van der Waals surface area contributed by atoms with Gasteiger partial charge in [0.05, 0.1) is 16.1 Å². The maximum atomic E-state index is 12.4. The van der Waals surface area contributed by atoms with Gasteiger partial charge in [-0.1, -0.05) is 11.6 Å². The summed E-state index contributed by atoms with van der Waals surface area (Å²) in [5.41, 5.74) is 1.96. The summed E-state index contributed by atoms with van der Waals surface area (Å²) in [7, 11) is 0. The maximum absolute atomic E-state index is 12.4. The number of hydrogen-bond acceptors (Lipinski definition) is 2. The van der Waals surface area contributed by atoms with Gasteiger partial charge in [0, 0.05) is 15.6 Å². The maximum Gasteiger partial charge on any atom is 0.323 e. The Morgan fingerprint density at radius 1 is 1.00 bits per heavy atom. The lowest BCUT2D eigenvalue weighted by molar-refractivity contribution is 0.103. The van der Waals surface area contributed by atoms with Crippen LogP contribution < -0.4 is 5.69 Å². The van der Waals surface area contributed by atoms with Crippen molar-refractivity contribution in [1.82, 2.24) is 9.97 Å². The van der Waals surface area contributed by atoms with Crippen LogP contribution in [-0.2, 0) is 0 Å². The summed E-state index contributed by atoms with van der Waals surface area (Å²) in [5.74, 6) is -0.150. The highest BCUT2D eigenvalue weighted by Gasteiger charge is 2.12. The van der Waals surface area contributed by atoms with Crippen molar-refractivity contribution in [3.8, 4) is 0 Å². The van der Waals surface area contributed by atoms with E-state index in [0.29, 0.717) is 27.2 Å². The van der Waals surface area contributed by atoms with Crippen LogP contribution in [0.3, 0.4) is 0 Å². The molecule has 0 fully saturated rings. The summed E-state index contributed by atoms with van der Waals surface area (Å²) in [6.45, 7) is 0. The fourth-order valence-electron chi connectivity index (χ4n) is 1.98. The number of imidazole rings is 1. The van der Waals surface area contributed by atoms with Crippen LogP contribution in [0.2, 0.25) is 5.02 Å². The lowest BCUT2D eigenvalue weighted by Gasteiger charge is -2.03. The molecule has 0 aliphatic heterocycles. The molecule has 0 bridgehead atoms. The van der Waals surface area contributed by atoms with Gasteiger partial charge in [-0.15, -0.1) is 0 Å². The van der Waals surface area contributed by atoms with Crippen molar-refractivity contribution in [3.05, 3.63) is 67.5 Å². The van der Waals surface area contributed by atoms with E-state index in [1.165, 1.54) is 0 Å². The van der Waals surface area contributed by atoms with E-state index in [1.54, 1.807) is 36.4 Å². The highest BCUT2D eigenvalue weighted by atomic mass is 79.9. The Morgan fingerprint density at radius 3 is 2.40 bits per heavy atom. The first-order valence-corrected chi connectivity index (χ1v) is 6.93. The van der Waals surface area contributed by atoms with Gasteiger partial charge < -0.3 is 9.97 Å². The molecule has 3 aromatic rings. The number of carbonyl (C=O) groups is 1. The Bertz CT molecular complexity index is 882. The van der Waals surface area contributed by atoms with Crippen molar-refractivity contribution < 1.29 is 4.79 Å². The van der Waals surface area contributed by atoms with Crippen molar-refractivity contribution >= 4 is 44.3 Å². The molecule has 0 unspecified atom stereocenters. The zero-order valence-electron chi connectivity index (χ0n) is 10.0. The number of halogens is 2. The number of aromatic amines is 2. The van der Waals surface area contributed by atoms with Crippen molar-refractivity contribution in [2.75, 3.05) is 0 Å². The lowest BCUT2D eigenvalue weighted by Crippen LogP contribution is -2.01. The van der Waals surface area contributed by atoms with Gasteiger partial charge in [-0.3, -0.25) is 4.79 Å². The molecule has 3 rings (SSSR count). The van der Waals surface area contributed by atoms with Crippen LogP contribution in [0.4, 0.5) is 0 Å². The summed E-state index contributed by atoms with van der Waals surface area (Å²) >= 11 is 9.28. The van der Waals surface area contributed by atoms with E-state index in [4.69, 9.17) is 11.6 Å². The van der Waals surface area contributed by atoms with Gasteiger partial charge in [0.15, 0.2) is 5.78 Å². The van der Waals surface area contributed by atoms with Gasteiger partial charge in [-0.2, -0.15) is 0 Å². The highest BCUT2D eigenvalue weighted by molar-refractivity contribution is 9.10. The quantitative estimate of drug-likeness (QED) is 0.694. The molecule has 0 aliphatic rings. The molecule has 0 spiro atoms. The summed E-state index contributed by atoms with van der Waals surface area (Å²) in [6, 6.07) is 10.0. The minimum absolute atomic E-state index is 0.150. The molecule has 0 amide bonds. The van der Waals surface area contributed by atoms with Crippen molar-refractivity contribution in [3.63, 3.8) is 0 Å². The van der Waals surface area contributed by atoms with E-state index in [-0.39, 0.29) is 11.5 Å². The number of carbonyl (C=O) groups excluding carboxylic acids is 1. The number of ketones is 1. The average Bonchev–Trinajstić information content (AvgIpc) is 2.80. The smallest absolute Gasteiger partial charge is 0.306 e. The number of H-pyrrole nitrogens is 2. The standard InChI is InChI=1S/C14H8BrClN2O2/c15-9-3-1-7(5-10(9)16)13(19)8-2-4-11-12(6-8)18-14(20)17-11/h1-6H,(H2,17,18,20). The molecule has 2 N–H and O–H groups in total. The molecule has 6 heteroatoms. The largest absolute Gasteiger partial charge is 0.323 e. The predicted molar refractivity (Wildman–Crippen MR) is 81.5 cm³/mol. The molecule has 20 heavy (non-hydrogen) atoms. The Balaban J connectivity index is 2.07. The zero-order valence-corrected chi connectivity index (χ0v) is 12.4. The van der Waals surface area contributed by atoms with Crippen LogP contribution >= 0.6 is 27.5 Å². The van der Waals surface area contributed by atoms with Gasteiger partial charge in [0.1, 0.15) is 0 Å². The summed E-state index contributed by atoms with van der Waals surface area (Å²) in [4.78, 5) is 28.8. The van der Waals surface area contributed by atoms with Crippen LogP contribution in [0.1, 0.15) is 15.9 Å².